The molecule has 3 heterocycles. The first kappa shape index (κ1) is 29.3. The van der Waals surface area contributed by atoms with Gasteiger partial charge in [0.2, 0.25) is 5.91 Å². The Morgan fingerprint density at radius 2 is 1.77 bits per heavy atom. The minimum absolute atomic E-state index is 0.0487. The minimum Gasteiger partial charge on any atom is -0.497 e. The number of methoxy groups -OCH3 is 2. The highest BCUT2D eigenvalue weighted by Crippen LogP contribution is 2.66. The monoisotopic (exact) mass is 620 g/mol. The third kappa shape index (κ3) is 4.54. The van der Waals surface area contributed by atoms with Crippen LogP contribution in [0.1, 0.15) is 71.8 Å². The number of hydrogen-bond acceptors (Lipinski definition) is 6. The number of fused-ring (bicyclic) bond motifs is 7. The summed E-state index contributed by atoms with van der Waals surface area (Å²) >= 11 is 0. The highest BCUT2D eigenvalue weighted by Gasteiger charge is 2.64. The van der Waals surface area contributed by atoms with E-state index in [0.717, 1.165) is 69.9 Å². The Morgan fingerprint density at radius 3 is 2.45 bits per heavy atom. The lowest BCUT2D eigenvalue weighted by Crippen LogP contribution is -2.57. The molecule has 4 aliphatic rings. The van der Waals surface area contributed by atoms with Crippen LogP contribution in [0.25, 0.3) is 22.2 Å². The van der Waals surface area contributed by atoms with Crippen molar-refractivity contribution in [2.45, 2.75) is 63.0 Å². The minimum atomic E-state index is -3.96. The maximum absolute atomic E-state index is 14.3. The molecule has 0 radical (unpaired) electrons. The van der Waals surface area contributed by atoms with E-state index in [4.69, 9.17) is 9.47 Å². The van der Waals surface area contributed by atoms with E-state index < -0.39 is 21.5 Å². The molecule has 7 rings (SSSR count). The number of aromatic nitrogens is 1. The lowest BCUT2D eigenvalue weighted by Gasteiger charge is -2.40. The van der Waals surface area contributed by atoms with Crippen LogP contribution in [-0.2, 0) is 26.3 Å². The summed E-state index contributed by atoms with van der Waals surface area (Å²) in [4.78, 5) is 29.4. The first-order valence-corrected chi connectivity index (χ1v) is 16.9. The van der Waals surface area contributed by atoms with Crippen molar-refractivity contribution in [3.63, 3.8) is 0 Å². The zero-order valence-corrected chi connectivity index (χ0v) is 26.6. The summed E-state index contributed by atoms with van der Waals surface area (Å²) < 4.78 is 41.5. The van der Waals surface area contributed by atoms with E-state index in [2.05, 4.69) is 21.4 Å². The average molecular weight is 621 g/mol. The van der Waals surface area contributed by atoms with Crippen LogP contribution in [0.15, 0.2) is 36.4 Å². The highest BCUT2D eigenvalue weighted by atomic mass is 32.2. The normalized spacial score (nSPS) is 23.4. The lowest BCUT2D eigenvalue weighted by molar-refractivity contribution is -0.149. The van der Waals surface area contributed by atoms with Crippen LogP contribution in [0.2, 0.25) is 0 Å². The number of nitrogens with one attached hydrogen (secondary N) is 1. The Bertz CT molecular complexity index is 1770. The molecule has 44 heavy (non-hydrogen) atoms. The first-order valence-electron chi connectivity index (χ1n) is 15.5. The van der Waals surface area contributed by atoms with Gasteiger partial charge in [0.25, 0.3) is 5.91 Å². The van der Waals surface area contributed by atoms with Gasteiger partial charge in [-0.2, -0.15) is 12.7 Å². The number of carbonyl (C=O) groups excluding carboxylic acids is 2. The molecule has 1 N–H and O–H groups in total. The maximum atomic E-state index is 14.3. The van der Waals surface area contributed by atoms with Crippen LogP contribution in [0, 0.1) is 5.41 Å². The summed E-state index contributed by atoms with van der Waals surface area (Å²) in [5.41, 5.74) is 5.13. The summed E-state index contributed by atoms with van der Waals surface area (Å²) in [5, 5.41) is 1.06. The van der Waals surface area contributed by atoms with Crippen LogP contribution in [-0.4, -0.2) is 81.5 Å². The second-order valence-electron chi connectivity index (χ2n) is 13.1. The van der Waals surface area contributed by atoms with E-state index in [0.29, 0.717) is 25.6 Å². The van der Waals surface area contributed by atoms with Gasteiger partial charge in [-0.25, -0.2) is 4.72 Å². The number of ether oxygens (including phenoxy) is 2. The Hall–Kier alpha value is -3.41. The lowest BCUT2D eigenvalue weighted by atomic mass is 9.81. The molecule has 2 aliphatic carbocycles. The number of benzene rings is 2. The Balaban J connectivity index is 1.43. The van der Waals surface area contributed by atoms with E-state index in [9.17, 15) is 18.0 Å². The van der Waals surface area contributed by atoms with Crippen molar-refractivity contribution in [1.29, 1.82) is 0 Å². The molecule has 2 amide bonds. The molecule has 10 nitrogen and oxygen atoms in total. The van der Waals surface area contributed by atoms with Crippen molar-refractivity contribution in [1.82, 2.24) is 18.5 Å². The van der Waals surface area contributed by atoms with Crippen molar-refractivity contribution < 1.29 is 27.5 Å². The second-order valence-corrected chi connectivity index (χ2v) is 15.0. The van der Waals surface area contributed by atoms with Gasteiger partial charge in [0.05, 0.1) is 24.3 Å². The molecule has 3 aromatic rings. The molecule has 1 aromatic heterocycles. The molecule has 2 aliphatic heterocycles. The van der Waals surface area contributed by atoms with Gasteiger partial charge in [-0.05, 0) is 66.6 Å². The van der Waals surface area contributed by atoms with Gasteiger partial charge in [0, 0.05) is 68.8 Å². The summed E-state index contributed by atoms with van der Waals surface area (Å²) in [7, 11) is 2.15. The van der Waals surface area contributed by atoms with Gasteiger partial charge in [-0.1, -0.05) is 25.3 Å². The third-order valence-corrected chi connectivity index (χ3v) is 11.8. The van der Waals surface area contributed by atoms with Gasteiger partial charge in [0.1, 0.15) is 5.75 Å². The molecule has 11 heteroatoms. The number of likely N-dealkylation sites (tertiary alicyclic amines) is 1. The number of hydrogen-bond donors (Lipinski definition) is 1. The summed E-state index contributed by atoms with van der Waals surface area (Å²) in [5.74, 6) is 0.628. The van der Waals surface area contributed by atoms with Crippen molar-refractivity contribution in [3.8, 4) is 17.0 Å². The number of rotatable bonds is 7. The zero-order chi connectivity index (χ0) is 31.0. The smallest absolute Gasteiger partial charge is 0.303 e. The van der Waals surface area contributed by atoms with Gasteiger partial charge in [-0.15, -0.1) is 0 Å². The number of amides is 2. The second kappa shape index (κ2) is 10.6. The van der Waals surface area contributed by atoms with E-state index in [-0.39, 0.29) is 23.5 Å². The van der Waals surface area contributed by atoms with Gasteiger partial charge >= 0.3 is 10.2 Å². The third-order valence-electron chi connectivity index (χ3n) is 10.4. The fourth-order valence-corrected chi connectivity index (χ4v) is 8.29. The van der Waals surface area contributed by atoms with Crippen LogP contribution >= 0.6 is 0 Å². The SMILES string of the molecule is COc1ccc2c(c1)C1CC1(C(=O)N1CC(OC)C1)Cn1c-2c(C2CCCCC2)c2ccc(C(=O)NS(=O)(=O)N(C)C)cc21. The molecule has 2 unspecified atom stereocenters. The molecule has 0 bridgehead atoms. The molecule has 2 aromatic carbocycles. The van der Waals surface area contributed by atoms with E-state index in [1.807, 2.05) is 17.0 Å². The van der Waals surface area contributed by atoms with Crippen molar-refractivity contribution in [2.75, 3.05) is 41.4 Å². The van der Waals surface area contributed by atoms with Crippen molar-refractivity contribution >= 4 is 32.9 Å². The van der Waals surface area contributed by atoms with Gasteiger partial charge in [-0.3, -0.25) is 9.59 Å². The number of nitrogens with zero attached hydrogens (tertiary/aromatic N) is 3. The Kier molecular flexibility index (Phi) is 7.06. The fourth-order valence-electron chi connectivity index (χ4n) is 7.76. The number of carbonyl (C=O) groups is 2. The van der Waals surface area contributed by atoms with E-state index in [1.165, 1.54) is 26.1 Å². The van der Waals surface area contributed by atoms with Crippen LogP contribution < -0.4 is 9.46 Å². The molecular weight excluding hydrogens is 580 g/mol. The summed E-state index contributed by atoms with van der Waals surface area (Å²) in [6, 6.07) is 11.7. The predicted octanol–water partition coefficient (Wildman–Crippen LogP) is 4.25. The van der Waals surface area contributed by atoms with Gasteiger partial charge in [0.15, 0.2) is 0 Å². The van der Waals surface area contributed by atoms with Crippen LogP contribution in [0.3, 0.4) is 0 Å². The molecule has 234 valence electrons. The molecule has 0 spiro atoms. The predicted molar refractivity (Wildman–Crippen MR) is 167 cm³/mol. The van der Waals surface area contributed by atoms with Crippen LogP contribution in [0.5, 0.6) is 5.75 Å². The fraction of sp³-hybridized carbons (Fsp3) is 0.515. The maximum Gasteiger partial charge on any atom is 0.303 e. The van der Waals surface area contributed by atoms with Crippen molar-refractivity contribution in [3.05, 3.63) is 53.1 Å². The first-order chi connectivity index (χ1) is 21.1. The summed E-state index contributed by atoms with van der Waals surface area (Å²) in [6.07, 6.45) is 6.51. The zero-order valence-electron chi connectivity index (χ0n) is 25.8. The Morgan fingerprint density at radius 1 is 1.02 bits per heavy atom. The summed E-state index contributed by atoms with van der Waals surface area (Å²) in [6.45, 7) is 1.67. The molecule has 2 atom stereocenters. The largest absolute Gasteiger partial charge is 0.497 e. The standard InChI is InChI=1S/C33H40N4O6S/c1-35(2)44(40,41)34-31(38)21-10-12-25-28(14-21)37-19-33(32(39)36-17-23(18-36)43-4)16-27(33)26-15-22(42-3)11-13-24(26)30(37)29(25)20-8-6-5-7-9-20/h10-15,20,23,27H,5-9,16-19H2,1-4H3,(H,34,38). The van der Waals surface area contributed by atoms with Crippen LogP contribution in [0.4, 0.5) is 0 Å². The average Bonchev–Trinajstić information content (AvgIpc) is 3.66. The quantitative estimate of drug-likeness (QED) is 0.423. The van der Waals surface area contributed by atoms with E-state index >= 15 is 0 Å². The molecule has 1 saturated heterocycles. The highest BCUT2D eigenvalue weighted by molar-refractivity contribution is 7.87. The Labute approximate surface area is 258 Å². The van der Waals surface area contributed by atoms with Gasteiger partial charge < -0.3 is 18.9 Å². The van der Waals surface area contributed by atoms with E-state index in [1.54, 1.807) is 26.4 Å². The molecule has 2 saturated carbocycles. The molecular formula is C33H40N4O6S. The van der Waals surface area contributed by atoms with Crippen molar-refractivity contribution in [2.24, 2.45) is 5.41 Å². The molecule has 3 fully saturated rings. The topological polar surface area (TPSA) is 110 Å².